The van der Waals surface area contributed by atoms with Gasteiger partial charge in [0.25, 0.3) is 0 Å². The highest BCUT2D eigenvalue weighted by molar-refractivity contribution is 5.76. The zero-order valence-corrected chi connectivity index (χ0v) is 9.21. The van der Waals surface area contributed by atoms with Crippen molar-refractivity contribution in [1.29, 1.82) is 0 Å². The minimum absolute atomic E-state index is 0.0272. The Morgan fingerprint density at radius 2 is 1.93 bits per heavy atom. The molecule has 0 bridgehead atoms. The molecule has 3 N–H and O–H groups in total. The smallest absolute Gasteiger partial charge is 0.245 e. The summed E-state index contributed by atoms with van der Waals surface area (Å²) in [5, 5.41) is 2.54. The van der Waals surface area contributed by atoms with Gasteiger partial charge in [-0.15, -0.1) is 0 Å². The number of ether oxygens (including phenoxy) is 1. The number of nitrogens with one attached hydrogen (secondary N) is 1. The Bertz CT molecular complexity index is 145. The quantitative estimate of drug-likeness (QED) is 0.706. The zero-order valence-electron chi connectivity index (χ0n) is 9.21. The number of hydrogen-bond acceptors (Lipinski definition) is 3. The van der Waals surface area contributed by atoms with Crippen LogP contribution in [0.3, 0.4) is 0 Å². The van der Waals surface area contributed by atoms with E-state index in [1.54, 1.807) is 7.05 Å². The van der Waals surface area contributed by atoms with Crippen molar-refractivity contribution in [3.05, 3.63) is 0 Å². The second kappa shape index (κ2) is 8.97. The SMILES string of the molecule is CN.CNC(=O)COC1CCCCC1. The second-order valence-electron chi connectivity index (χ2n) is 3.24. The molecule has 0 saturated heterocycles. The van der Waals surface area contributed by atoms with Gasteiger partial charge in [0.15, 0.2) is 0 Å². The van der Waals surface area contributed by atoms with E-state index in [1.807, 2.05) is 0 Å². The highest BCUT2D eigenvalue weighted by Crippen LogP contribution is 2.19. The highest BCUT2D eigenvalue weighted by Gasteiger charge is 2.14. The molecule has 1 saturated carbocycles. The lowest BCUT2D eigenvalue weighted by atomic mass is 9.98. The summed E-state index contributed by atoms with van der Waals surface area (Å²) in [6.07, 6.45) is 6.39. The molecule has 14 heavy (non-hydrogen) atoms. The van der Waals surface area contributed by atoms with Gasteiger partial charge in [0.2, 0.25) is 5.91 Å². The monoisotopic (exact) mass is 202 g/mol. The average molecular weight is 202 g/mol. The molecule has 0 spiro atoms. The van der Waals surface area contributed by atoms with E-state index < -0.39 is 0 Å². The highest BCUT2D eigenvalue weighted by atomic mass is 16.5. The lowest BCUT2D eigenvalue weighted by Crippen LogP contribution is -2.27. The van der Waals surface area contributed by atoms with Crippen molar-refractivity contribution in [2.75, 3.05) is 20.7 Å². The molecule has 0 heterocycles. The van der Waals surface area contributed by atoms with Gasteiger partial charge in [-0.25, -0.2) is 0 Å². The Labute approximate surface area is 86.2 Å². The van der Waals surface area contributed by atoms with Gasteiger partial charge in [-0.1, -0.05) is 19.3 Å². The van der Waals surface area contributed by atoms with Gasteiger partial charge < -0.3 is 15.8 Å². The molecule has 0 unspecified atom stereocenters. The molecular weight excluding hydrogens is 180 g/mol. The molecule has 0 radical (unpaired) electrons. The normalized spacial score (nSPS) is 16.8. The molecule has 0 aromatic rings. The molecule has 84 valence electrons. The second-order valence-corrected chi connectivity index (χ2v) is 3.24. The summed E-state index contributed by atoms with van der Waals surface area (Å²) in [6, 6.07) is 0. The molecule has 1 rings (SSSR count). The fraction of sp³-hybridized carbons (Fsp3) is 0.900. The van der Waals surface area contributed by atoms with E-state index in [0.717, 1.165) is 12.8 Å². The van der Waals surface area contributed by atoms with Crippen molar-refractivity contribution < 1.29 is 9.53 Å². The molecule has 0 aromatic heterocycles. The van der Waals surface area contributed by atoms with E-state index in [9.17, 15) is 4.79 Å². The van der Waals surface area contributed by atoms with E-state index in [4.69, 9.17) is 4.74 Å². The van der Waals surface area contributed by atoms with Gasteiger partial charge >= 0.3 is 0 Å². The predicted octanol–water partition coefficient (Wildman–Crippen LogP) is 0.657. The fourth-order valence-electron chi connectivity index (χ4n) is 1.50. The van der Waals surface area contributed by atoms with Crippen molar-refractivity contribution in [2.24, 2.45) is 5.73 Å². The summed E-state index contributed by atoms with van der Waals surface area (Å²) >= 11 is 0. The first-order chi connectivity index (χ1) is 6.83. The molecule has 1 aliphatic carbocycles. The van der Waals surface area contributed by atoms with Gasteiger partial charge in [0, 0.05) is 7.05 Å². The van der Waals surface area contributed by atoms with Crippen LogP contribution in [0.15, 0.2) is 0 Å². The number of nitrogens with two attached hydrogens (primary N) is 1. The lowest BCUT2D eigenvalue weighted by Gasteiger charge is -2.21. The van der Waals surface area contributed by atoms with Crippen LogP contribution in [0.2, 0.25) is 0 Å². The summed E-state index contributed by atoms with van der Waals surface area (Å²) in [6.45, 7) is 0.223. The zero-order chi connectivity index (χ0) is 10.8. The first-order valence-electron chi connectivity index (χ1n) is 5.23. The van der Waals surface area contributed by atoms with Crippen LogP contribution in [0.25, 0.3) is 0 Å². The summed E-state index contributed by atoms with van der Waals surface area (Å²) in [7, 11) is 3.13. The maximum Gasteiger partial charge on any atom is 0.245 e. The van der Waals surface area contributed by atoms with Crippen LogP contribution in [0.1, 0.15) is 32.1 Å². The number of amides is 1. The Balaban J connectivity index is 0.000000791. The summed E-state index contributed by atoms with van der Waals surface area (Å²) in [5.74, 6) is -0.0272. The molecule has 1 fully saturated rings. The van der Waals surface area contributed by atoms with Crippen molar-refractivity contribution in [2.45, 2.75) is 38.2 Å². The van der Waals surface area contributed by atoms with Crippen LogP contribution in [0.5, 0.6) is 0 Å². The first kappa shape index (κ1) is 13.4. The molecule has 4 nitrogen and oxygen atoms in total. The minimum atomic E-state index is -0.0272. The standard InChI is InChI=1S/C9H17NO2.CH5N/c1-10-9(11)7-12-8-5-3-2-4-6-8;1-2/h8H,2-7H2,1H3,(H,10,11);2H2,1H3. The molecule has 0 atom stereocenters. The third-order valence-corrected chi connectivity index (χ3v) is 2.28. The Morgan fingerprint density at radius 3 is 2.43 bits per heavy atom. The third kappa shape index (κ3) is 5.94. The van der Waals surface area contributed by atoms with Gasteiger partial charge in [-0.2, -0.15) is 0 Å². The maximum atomic E-state index is 10.8. The van der Waals surface area contributed by atoms with E-state index >= 15 is 0 Å². The molecule has 1 amide bonds. The number of carbonyl (C=O) groups excluding carboxylic acids is 1. The Morgan fingerprint density at radius 1 is 1.36 bits per heavy atom. The molecule has 1 aliphatic rings. The Kier molecular flexibility index (Phi) is 8.57. The van der Waals surface area contributed by atoms with Crippen molar-refractivity contribution in [3.8, 4) is 0 Å². The summed E-state index contributed by atoms with van der Waals surface area (Å²) in [5.41, 5.74) is 4.50. The van der Waals surface area contributed by atoms with Gasteiger partial charge in [-0.3, -0.25) is 4.79 Å². The van der Waals surface area contributed by atoms with Gasteiger partial charge in [0.05, 0.1) is 6.10 Å². The summed E-state index contributed by atoms with van der Waals surface area (Å²) in [4.78, 5) is 10.8. The fourth-order valence-corrected chi connectivity index (χ4v) is 1.50. The topological polar surface area (TPSA) is 64.3 Å². The molecule has 0 aliphatic heterocycles. The first-order valence-corrected chi connectivity index (χ1v) is 5.23. The van der Waals surface area contributed by atoms with Crippen LogP contribution in [-0.4, -0.2) is 32.7 Å². The molecule has 4 heteroatoms. The summed E-state index contributed by atoms with van der Waals surface area (Å²) < 4.78 is 5.42. The largest absolute Gasteiger partial charge is 0.368 e. The predicted molar refractivity (Wildman–Crippen MR) is 57.0 cm³/mol. The van der Waals surface area contributed by atoms with Crippen LogP contribution in [-0.2, 0) is 9.53 Å². The third-order valence-electron chi connectivity index (χ3n) is 2.28. The number of rotatable bonds is 3. The molecular formula is C10H22N2O2. The van der Waals surface area contributed by atoms with Crippen LogP contribution < -0.4 is 11.1 Å². The number of hydrogen-bond donors (Lipinski definition) is 2. The van der Waals surface area contributed by atoms with Crippen LogP contribution >= 0.6 is 0 Å². The van der Waals surface area contributed by atoms with E-state index in [2.05, 4.69) is 11.1 Å². The van der Waals surface area contributed by atoms with Crippen LogP contribution in [0.4, 0.5) is 0 Å². The average Bonchev–Trinajstić information content (AvgIpc) is 2.30. The number of likely N-dealkylation sites (N-methyl/N-ethyl adjacent to an activating group) is 1. The lowest BCUT2D eigenvalue weighted by molar-refractivity contribution is -0.127. The van der Waals surface area contributed by atoms with E-state index in [-0.39, 0.29) is 12.5 Å². The van der Waals surface area contributed by atoms with Gasteiger partial charge in [0.1, 0.15) is 6.61 Å². The van der Waals surface area contributed by atoms with Crippen molar-refractivity contribution in [3.63, 3.8) is 0 Å². The Hall–Kier alpha value is -0.610. The maximum absolute atomic E-state index is 10.8. The minimum Gasteiger partial charge on any atom is -0.368 e. The van der Waals surface area contributed by atoms with E-state index in [1.165, 1.54) is 26.3 Å². The van der Waals surface area contributed by atoms with Crippen LogP contribution in [0, 0.1) is 0 Å². The molecule has 0 aromatic carbocycles. The van der Waals surface area contributed by atoms with Crippen molar-refractivity contribution >= 4 is 5.91 Å². The van der Waals surface area contributed by atoms with E-state index in [0.29, 0.717) is 6.10 Å². The van der Waals surface area contributed by atoms with Crippen molar-refractivity contribution in [1.82, 2.24) is 5.32 Å². The van der Waals surface area contributed by atoms with Gasteiger partial charge in [-0.05, 0) is 19.9 Å². The number of carbonyl (C=O) groups is 1.